The lowest BCUT2D eigenvalue weighted by Gasteiger charge is -2.16. The van der Waals surface area contributed by atoms with Gasteiger partial charge in [0.2, 0.25) is 0 Å². The standard InChI is InChI=1S/C21H27N3O5/c1-14(2)24-19(10-11-22-24)23-20(25)15(3)29-21(26)16-6-8-17(9-7-16)28-13-18-5-4-12-27-18/h6-11,14-15,18H,4-5,12-13H2,1-3H3,(H,23,25)/t15-,18-/m0/s1. The van der Waals surface area contributed by atoms with Gasteiger partial charge in [-0.2, -0.15) is 5.10 Å². The summed E-state index contributed by atoms with van der Waals surface area (Å²) in [5.74, 6) is 0.221. The Kier molecular flexibility index (Phi) is 6.87. The summed E-state index contributed by atoms with van der Waals surface area (Å²) in [5, 5.41) is 6.89. The number of rotatable bonds is 8. The third-order valence-corrected chi connectivity index (χ3v) is 4.61. The van der Waals surface area contributed by atoms with Gasteiger partial charge in [0.1, 0.15) is 18.2 Å². The number of hydrogen-bond donors (Lipinski definition) is 1. The number of amides is 1. The smallest absolute Gasteiger partial charge is 0.338 e. The average molecular weight is 401 g/mol. The summed E-state index contributed by atoms with van der Waals surface area (Å²) in [5.41, 5.74) is 0.348. The third-order valence-electron chi connectivity index (χ3n) is 4.61. The molecule has 0 bridgehead atoms. The van der Waals surface area contributed by atoms with Gasteiger partial charge in [0, 0.05) is 18.7 Å². The normalized spacial score (nSPS) is 17.2. The Hall–Kier alpha value is -2.87. The largest absolute Gasteiger partial charge is 0.491 e. The molecule has 156 valence electrons. The van der Waals surface area contributed by atoms with Crippen molar-refractivity contribution in [1.29, 1.82) is 0 Å². The van der Waals surface area contributed by atoms with E-state index in [-0.39, 0.29) is 12.1 Å². The number of nitrogens with zero attached hydrogens (tertiary/aromatic N) is 2. The lowest BCUT2D eigenvalue weighted by atomic mass is 10.2. The van der Waals surface area contributed by atoms with E-state index in [1.54, 1.807) is 41.2 Å². The molecule has 1 fully saturated rings. The fraction of sp³-hybridized carbons (Fsp3) is 0.476. The summed E-state index contributed by atoms with van der Waals surface area (Å²) >= 11 is 0. The van der Waals surface area contributed by atoms with Crippen LogP contribution in [0, 0.1) is 0 Å². The van der Waals surface area contributed by atoms with Crippen molar-refractivity contribution in [2.45, 2.75) is 51.9 Å². The van der Waals surface area contributed by atoms with Gasteiger partial charge in [-0.05, 0) is 57.9 Å². The van der Waals surface area contributed by atoms with Gasteiger partial charge in [-0.25, -0.2) is 9.48 Å². The first-order valence-corrected chi connectivity index (χ1v) is 9.84. The van der Waals surface area contributed by atoms with Crippen molar-refractivity contribution in [3.05, 3.63) is 42.1 Å². The quantitative estimate of drug-likeness (QED) is 0.683. The number of esters is 1. The Bertz CT molecular complexity index is 825. The Morgan fingerprint density at radius 2 is 2.00 bits per heavy atom. The van der Waals surface area contributed by atoms with Gasteiger partial charge in [0.05, 0.1) is 17.9 Å². The average Bonchev–Trinajstić information content (AvgIpc) is 3.38. The van der Waals surface area contributed by atoms with Gasteiger partial charge >= 0.3 is 5.97 Å². The van der Waals surface area contributed by atoms with Gasteiger partial charge in [0.15, 0.2) is 6.10 Å². The number of ether oxygens (including phenoxy) is 3. The first kappa shape index (κ1) is 20.9. The van der Waals surface area contributed by atoms with Crippen LogP contribution in [0.25, 0.3) is 0 Å². The molecule has 1 aromatic carbocycles. The molecule has 2 heterocycles. The lowest BCUT2D eigenvalue weighted by molar-refractivity contribution is -0.123. The molecule has 0 aliphatic carbocycles. The van der Waals surface area contributed by atoms with E-state index in [0.717, 1.165) is 19.4 Å². The summed E-state index contributed by atoms with van der Waals surface area (Å²) in [6.07, 6.45) is 2.85. The van der Waals surface area contributed by atoms with Crippen molar-refractivity contribution in [3.8, 4) is 5.75 Å². The SMILES string of the molecule is CC(C)n1nccc1NC(=O)[C@H](C)OC(=O)c1ccc(OC[C@@H]2CCCO2)cc1. The summed E-state index contributed by atoms with van der Waals surface area (Å²) in [7, 11) is 0. The maximum atomic E-state index is 12.4. The molecule has 1 saturated heterocycles. The van der Waals surface area contributed by atoms with E-state index < -0.39 is 18.0 Å². The second kappa shape index (κ2) is 9.56. The lowest BCUT2D eigenvalue weighted by Crippen LogP contribution is -2.31. The van der Waals surface area contributed by atoms with Crippen molar-refractivity contribution in [3.63, 3.8) is 0 Å². The Labute approximate surface area is 170 Å². The molecule has 2 aromatic rings. The number of hydrogen-bond acceptors (Lipinski definition) is 6. The molecule has 1 aromatic heterocycles. The molecule has 0 spiro atoms. The number of nitrogens with one attached hydrogen (secondary N) is 1. The molecular formula is C21H27N3O5. The van der Waals surface area contributed by atoms with Gasteiger partial charge in [-0.1, -0.05) is 0 Å². The van der Waals surface area contributed by atoms with Gasteiger partial charge in [-0.3, -0.25) is 4.79 Å². The highest BCUT2D eigenvalue weighted by Crippen LogP contribution is 2.18. The molecule has 1 aliphatic rings. The summed E-state index contributed by atoms with van der Waals surface area (Å²) in [6, 6.07) is 8.44. The second-order valence-electron chi connectivity index (χ2n) is 7.26. The topological polar surface area (TPSA) is 91.7 Å². The molecule has 8 nitrogen and oxygen atoms in total. The predicted octanol–water partition coefficient (Wildman–Crippen LogP) is 3.21. The van der Waals surface area contributed by atoms with Crippen LogP contribution in [0.4, 0.5) is 5.82 Å². The van der Waals surface area contributed by atoms with Crippen LogP contribution in [-0.2, 0) is 14.3 Å². The van der Waals surface area contributed by atoms with Crippen molar-refractivity contribution in [2.24, 2.45) is 0 Å². The Morgan fingerprint density at radius 1 is 1.24 bits per heavy atom. The summed E-state index contributed by atoms with van der Waals surface area (Å²) < 4.78 is 18.2. The molecule has 1 aliphatic heterocycles. The van der Waals surface area contributed by atoms with Crippen molar-refractivity contribution >= 4 is 17.7 Å². The van der Waals surface area contributed by atoms with Gasteiger partial charge in [-0.15, -0.1) is 0 Å². The second-order valence-corrected chi connectivity index (χ2v) is 7.26. The highest BCUT2D eigenvalue weighted by molar-refractivity contribution is 5.96. The van der Waals surface area contributed by atoms with Crippen molar-refractivity contribution in [2.75, 3.05) is 18.5 Å². The van der Waals surface area contributed by atoms with Crippen LogP contribution in [0.3, 0.4) is 0 Å². The molecule has 0 radical (unpaired) electrons. The van der Waals surface area contributed by atoms with Crippen LogP contribution in [0.15, 0.2) is 36.5 Å². The molecule has 29 heavy (non-hydrogen) atoms. The van der Waals surface area contributed by atoms with Crippen LogP contribution < -0.4 is 10.1 Å². The van der Waals surface area contributed by atoms with E-state index in [1.165, 1.54) is 6.92 Å². The Morgan fingerprint density at radius 3 is 2.66 bits per heavy atom. The predicted molar refractivity (Wildman–Crippen MR) is 107 cm³/mol. The maximum absolute atomic E-state index is 12.4. The number of carbonyl (C=O) groups is 2. The zero-order valence-corrected chi connectivity index (χ0v) is 17.0. The van der Waals surface area contributed by atoms with E-state index in [4.69, 9.17) is 14.2 Å². The summed E-state index contributed by atoms with van der Waals surface area (Å²) in [4.78, 5) is 24.7. The minimum absolute atomic E-state index is 0.0964. The third kappa shape index (κ3) is 5.57. The van der Waals surface area contributed by atoms with Gasteiger partial charge in [0.25, 0.3) is 5.91 Å². The first-order valence-electron chi connectivity index (χ1n) is 9.84. The Balaban J connectivity index is 1.50. The molecule has 1 N–H and O–H groups in total. The van der Waals surface area contributed by atoms with Crippen LogP contribution in [0.1, 0.15) is 50.0 Å². The fourth-order valence-corrected chi connectivity index (χ4v) is 2.99. The first-order chi connectivity index (χ1) is 13.9. The highest BCUT2D eigenvalue weighted by atomic mass is 16.5. The maximum Gasteiger partial charge on any atom is 0.338 e. The fourth-order valence-electron chi connectivity index (χ4n) is 2.99. The number of carbonyl (C=O) groups excluding carboxylic acids is 2. The van der Waals surface area contributed by atoms with E-state index in [9.17, 15) is 9.59 Å². The van der Waals surface area contributed by atoms with Crippen molar-refractivity contribution in [1.82, 2.24) is 9.78 Å². The molecule has 0 saturated carbocycles. The number of aromatic nitrogens is 2. The van der Waals surface area contributed by atoms with Crippen LogP contribution in [0.5, 0.6) is 5.75 Å². The molecule has 3 rings (SSSR count). The molecular weight excluding hydrogens is 374 g/mol. The number of anilines is 1. The van der Waals surface area contributed by atoms with Gasteiger partial charge < -0.3 is 19.5 Å². The molecule has 1 amide bonds. The molecule has 0 unspecified atom stereocenters. The number of benzene rings is 1. The van der Waals surface area contributed by atoms with Crippen LogP contribution >= 0.6 is 0 Å². The molecule has 2 atom stereocenters. The van der Waals surface area contributed by atoms with E-state index >= 15 is 0 Å². The summed E-state index contributed by atoms with van der Waals surface area (Å²) in [6.45, 7) is 6.72. The van der Waals surface area contributed by atoms with Crippen LogP contribution in [-0.4, -0.2) is 47.1 Å². The van der Waals surface area contributed by atoms with E-state index in [2.05, 4.69) is 10.4 Å². The van der Waals surface area contributed by atoms with E-state index in [0.29, 0.717) is 23.7 Å². The minimum Gasteiger partial charge on any atom is -0.491 e. The van der Waals surface area contributed by atoms with E-state index in [1.807, 2.05) is 13.8 Å². The minimum atomic E-state index is -0.951. The highest BCUT2D eigenvalue weighted by Gasteiger charge is 2.21. The molecule has 8 heteroatoms. The monoisotopic (exact) mass is 401 g/mol. The van der Waals surface area contributed by atoms with Crippen molar-refractivity contribution < 1.29 is 23.8 Å². The zero-order valence-electron chi connectivity index (χ0n) is 17.0. The zero-order chi connectivity index (χ0) is 20.8. The van der Waals surface area contributed by atoms with Crippen LogP contribution in [0.2, 0.25) is 0 Å².